The zero-order chi connectivity index (χ0) is 18.6. The molecule has 0 aliphatic rings. The van der Waals surface area contributed by atoms with Crippen LogP contribution >= 0.6 is 11.6 Å². The second kappa shape index (κ2) is 8.11. The summed E-state index contributed by atoms with van der Waals surface area (Å²) >= 11 is 5.90. The van der Waals surface area contributed by atoms with Gasteiger partial charge in [0.15, 0.2) is 5.82 Å². The van der Waals surface area contributed by atoms with E-state index in [0.717, 1.165) is 6.07 Å². The van der Waals surface area contributed by atoms with Gasteiger partial charge in [-0.1, -0.05) is 36.7 Å². The summed E-state index contributed by atoms with van der Waals surface area (Å²) in [5, 5.41) is 8.77. The number of hydrogen-bond donors (Lipinski definition) is 2. The Kier molecular flexibility index (Phi) is 6.14. The van der Waals surface area contributed by atoms with Crippen molar-refractivity contribution in [1.82, 2.24) is 10.5 Å². The molecule has 0 unspecified atom stereocenters. The van der Waals surface area contributed by atoms with Gasteiger partial charge in [0.1, 0.15) is 17.6 Å². The van der Waals surface area contributed by atoms with Gasteiger partial charge < -0.3 is 15.2 Å². The number of rotatable bonds is 6. The highest BCUT2D eigenvalue weighted by Crippen LogP contribution is 2.19. The maximum atomic E-state index is 13.9. The second-order valence-electron chi connectivity index (χ2n) is 6.06. The van der Waals surface area contributed by atoms with Crippen LogP contribution in [0.5, 0.6) is 0 Å². The lowest BCUT2D eigenvalue weighted by Gasteiger charge is -2.20. The molecule has 0 saturated carbocycles. The summed E-state index contributed by atoms with van der Waals surface area (Å²) in [7, 11) is 0. The van der Waals surface area contributed by atoms with Crippen LogP contribution in [0, 0.1) is 18.7 Å². The van der Waals surface area contributed by atoms with Crippen molar-refractivity contribution in [1.29, 1.82) is 0 Å². The third-order valence-corrected chi connectivity index (χ3v) is 3.71. The predicted molar refractivity (Wildman–Crippen MR) is 92.0 cm³/mol. The Labute approximate surface area is 149 Å². The molecule has 8 heteroatoms. The van der Waals surface area contributed by atoms with E-state index < -0.39 is 23.7 Å². The molecular formula is C17H19ClFN3O3. The van der Waals surface area contributed by atoms with E-state index in [1.165, 1.54) is 12.1 Å². The predicted octanol–water partition coefficient (Wildman–Crippen LogP) is 3.56. The average molecular weight is 368 g/mol. The summed E-state index contributed by atoms with van der Waals surface area (Å²) < 4.78 is 18.8. The Morgan fingerprint density at radius 2 is 2.08 bits per heavy atom. The Bertz CT molecular complexity index is 756. The quantitative estimate of drug-likeness (QED) is 0.817. The first kappa shape index (κ1) is 18.9. The van der Waals surface area contributed by atoms with E-state index >= 15 is 0 Å². The SMILES string of the molecule is Cc1cc(NC(=O)[C@@H](CC(C)C)NC(=O)c2c(F)cccc2Cl)no1. The van der Waals surface area contributed by atoms with Crippen LogP contribution in [0.4, 0.5) is 10.2 Å². The minimum Gasteiger partial charge on any atom is -0.360 e. The van der Waals surface area contributed by atoms with Crippen molar-refractivity contribution >= 4 is 29.2 Å². The molecule has 1 aromatic carbocycles. The number of halogens is 2. The molecular weight excluding hydrogens is 349 g/mol. The van der Waals surface area contributed by atoms with Gasteiger partial charge in [0.25, 0.3) is 5.91 Å². The summed E-state index contributed by atoms with van der Waals surface area (Å²) in [5.41, 5.74) is -0.289. The lowest BCUT2D eigenvalue weighted by Crippen LogP contribution is -2.45. The molecule has 2 amide bonds. The summed E-state index contributed by atoms with van der Waals surface area (Å²) in [4.78, 5) is 24.8. The number of aromatic nitrogens is 1. The van der Waals surface area contributed by atoms with E-state index in [9.17, 15) is 14.0 Å². The zero-order valence-corrected chi connectivity index (χ0v) is 14.9. The number of benzene rings is 1. The molecule has 0 aliphatic carbocycles. The molecule has 0 aliphatic heterocycles. The molecule has 0 saturated heterocycles. The summed E-state index contributed by atoms with van der Waals surface area (Å²) in [6.07, 6.45) is 0.362. The van der Waals surface area contributed by atoms with E-state index in [0.29, 0.717) is 12.2 Å². The van der Waals surface area contributed by atoms with Crippen molar-refractivity contribution in [3.63, 3.8) is 0 Å². The standard InChI is InChI=1S/C17H19ClFN3O3/c1-9(2)7-13(16(23)21-14-8-10(3)25-22-14)20-17(24)15-11(18)5-4-6-12(15)19/h4-6,8-9,13H,7H2,1-3H3,(H,20,24)(H,21,22,23)/t13-/m1/s1. The number of hydrogen-bond acceptors (Lipinski definition) is 4. The van der Waals surface area contributed by atoms with Crippen molar-refractivity contribution in [3.05, 3.63) is 46.4 Å². The first-order valence-corrected chi connectivity index (χ1v) is 8.14. The molecule has 2 rings (SSSR count). The van der Waals surface area contributed by atoms with Crippen LogP contribution in [0.2, 0.25) is 5.02 Å². The van der Waals surface area contributed by atoms with Crippen LogP contribution in [0.15, 0.2) is 28.8 Å². The van der Waals surface area contributed by atoms with Crippen LogP contribution in [-0.4, -0.2) is 23.0 Å². The Morgan fingerprint density at radius 1 is 1.36 bits per heavy atom. The molecule has 0 bridgehead atoms. The monoisotopic (exact) mass is 367 g/mol. The largest absolute Gasteiger partial charge is 0.360 e. The molecule has 0 fully saturated rings. The number of aryl methyl sites for hydroxylation is 1. The highest BCUT2D eigenvalue weighted by Gasteiger charge is 2.25. The first-order valence-electron chi connectivity index (χ1n) is 7.77. The maximum Gasteiger partial charge on any atom is 0.256 e. The summed E-state index contributed by atoms with van der Waals surface area (Å²) in [5.74, 6) is -1.07. The zero-order valence-electron chi connectivity index (χ0n) is 14.1. The highest BCUT2D eigenvalue weighted by molar-refractivity contribution is 6.33. The minimum absolute atomic E-state index is 0.0201. The Balaban J connectivity index is 2.16. The van der Waals surface area contributed by atoms with Crippen LogP contribution in [0.1, 0.15) is 36.4 Å². The van der Waals surface area contributed by atoms with E-state index in [-0.39, 0.29) is 22.3 Å². The number of carbonyl (C=O) groups excluding carboxylic acids is 2. The van der Waals surface area contributed by atoms with Gasteiger partial charge in [-0.05, 0) is 31.4 Å². The lowest BCUT2D eigenvalue weighted by molar-refractivity contribution is -0.118. The molecule has 2 N–H and O–H groups in total. The average Bonchev–Trinajstić information content (AvgIpc) is 2.91. The Hall–Kier alpha value is -2.41. The molecule has 25 heavy (non-hydrogen) atoms. The number of anilines is 1. The topological polar surface area (TPSA) is 84.2 Å². The number of nitrogens with one attached hydrogen (secondary N) is 2. The van der Waals surface area contributed by atoms with Gasteiger partial charge in [0.2, 0.25) is 5.91 Å². The van der Waals surface area contributed by atoms with Gasteiger partial charge in [0.05, 0.1) is 10.6 Å². The fourth-order valence-corrected chi connectivity index (χ4v) is 2.54. The maximum absolute atomic E-state index is 13.9. The fourth-order valence-electron chi connectivity index (χ4n) is 2.29. The molecule has 1 aromatic heterocycles. The third-order valence-electron chi connectivity index (χ3n) is 3.40. The van der Waals surface area contributed by atoms with E-state index in [2.05, 4.69) is 15.8 Å². The molecule has 6 nitrogen and oxygen atoms in total. The number of nitrogens with zero attached hydrogens (tertiary/aromatic N) is 1. The first-order chi connectivity index (χ1) is 11.8. The van der Waals surface area contributed by atoms with Crippen molar-refractivity contribution in [2.75, 3.05) is 5.32 Å². The van der Waals surface area contributed by atoms with E-state index in [1.807, 2.05) is 13.8 Å². The molecule has 1 atom stereocenters. The van der Waals surface area contributed by atoms with Crippen molar-refractivity contribution in [2.45, 2.75) is 33.2 Å². The molecule has 1 heterocycles. The lowest BCUT2D eigenvalue weighted by atomic mass is 10.0. The van der Waals surface area contributed by atoms with Gasteiger partial charge in [-0.2, -0.15) is 0 Å². The van der Waals surface area contributed by atoms with Crippen molar-refractivity contribution in [3.8, 4) is 0 Å². The fraction of sp³-hybridized carbons (Fsp3) is 0.353. The van der Waals surface area contributed by atoms with Gasteiger partial charge in [-0.15, -0.1) is 0 Å². The highest BCUT2D eigenvalue weighted by atomic mass is 35.5. The van der Waals surface area contributed by atoms with Gasteiger partial charge in [0, 0.05) is 6.07 Å². The van der Waals surface area contributed by atoms with E-state index in [1.54, 1.807) is 13.0 Å². The minimum atomic E-state index is -0.875. The number of amides is 2. The van der Waals surface area contributed by atoms with Crippen molar-refractivity contribution in [2.24, 2.45) is 5.92 Å². The van der Waals surface area contributed by atoms with Crippen LogP contribution < -0.4 is 10.6 Å². The second-order valence-corrected chi connectivity index (χ2v) is 6.47. The van der Waals surface area contributed by atoms with Gasteiger partial charge >= 0.3 is 0 Å². The number of carbonyl (C=O) groups is 2. The normalized spacial score (nSPS) is 12.1. The summed E-state index contributed by atoms with van der Waals surface area (Å²) in [6.45, 7) is 5.50. The molecule has 0 radical (unpaired) electrons. The molecule has 134 valence electrons. The Morgan fingerprint density at radius 3 is 2.64 bits per heavy atom. The smallest absolute Gasteiger partial charge is 0.256 e. The van der Waals surface area contributed by atoms with Gasteiger partial charge in [-0.25, -0.2) is 4.39 Å². The van der Waals surface area contributed by atoms with E-state index in [4.69, 9.17) is 16.1 Å². The van der Waals surface area contributed by atoms with Gasteiger partial charge in [-0.3, -0.25) is 9.59 Å². The molecule has 0 spiro atoms. The third kappa shape index (κ3) is 5.03. The van der Waals surface area contributed by atoms with Crippen molar-refractivity contribution < 1.29 is 18.5 Å². The molecule has 2 aromatic rings. The van der Waals surface area contributed by atoms with Crippen LogP contribution in [-0.2, 0) is 4.79 Å². The van der Waals surface area contributed by atoms with Crippen LogP contribution in [0.25, 0.3) is 0 Å². The van der Waals surface area contributed by atoms with Crippen LogP contribution in [0.3, 0.4) is 0 Å². The summed E-state index contributed by atoms with van der Waals surface area (Å²) in [6, 6.07) is 4.63.